The summed E-state index contributed by atoms with van der Waals surface area (Å²) >= 11 is 1.60. The van der Waals surface area contributed by atoms with E-state index in [0.29, 0.717) is 12.1 Å². The summed E-state index contributed by atoms with van der Waals surface area (Å²) in [6, 6.07) is 3.97. The molecular formula is C13H14FN3O2S. The number of hydrogen-bond acceptors (Lipinski definition) is 5. The Bertz CT molecular complexity index is 630. The third-order valence-electron chi connectivity index (χ3n) is 2.83. The van der Waals surface area contributed by atoms with Gasteiger partial charge >= 0.3 is 5.69 Å². The summed E-state index contributed by atoms with van der Waals surface area (Å²) in [7, 11) is 0. The van der Waals surface area contributed by atoms with Crippen LogP contribution in [0.4, 0.5) is 10.1 Å². The number of aryl methyl sites for hydroxylation is 1. The van der Waals surface area contributed by atoms with Crippen LogP contribution in [0.25, 0.3) is 0 Å². The molecule has 0 aliphatic heterocycles. The number of aromatic nitrogens is 1. The van der Waals surface area contributed by atoms with E-state index in [-0.39, 0.29) is 6.04 Å². The average Bonchev–Trinajstić information content (AvgIpc) is 2.82. The molecule has 0 amide bonds. The number of halogens is 1. The molecule has 2 aromatic rings. The van der Waals surface area contributed by atoms with Crippen molar-refractivity contribution in [2.24, 2.45) is 0 Å². The summed E-state index contributed by atoms with van der Waals surface area (Å²) < 4.78 is 13.5. The van der Waals surface area contributed by atoms with Gasteiger partial charge in [0.2, 0.25) is 5.82 Å². The molecule has 0 saturated heterocycles. The lowest BCUT2D eigenvalue weighted by Crippen LogP contribution is -2.18. The maximum Gasteiger partial charge on any atom is 0.304 e. The second-order valence-electron chi connectivity index (χ2n) is 4.45. The monoisotopic (exact) mass is 295 g/mol. The largest absolute Gasteiger partial charge is 0.304 e. The predicted molar refractivity (Wildman–Crippen MR) is 75.2 cm³/mol. The number of nitrogens with zero attached hydrogens (tertiary/aromatic N) is 2. The lowest BCUT2D eigenvalue weighted by Gasteiger charge is -2.11. The molecule has 0 spiro atoms. The minimum Gasteiger partial charge on any atom is -0.304 e. The molecule has 5 nitrogen and oxygen atoms in total. The van der Waals surface area contributed by atoms with E-state index in [1.165, 1.54) is 12.1 Å². The SMILES string of the molecule is Cc1cnc(C(C)NCc2ccc([N+](=O)[O-])c(F)c2)s1. The van der Waals surface area contributed by atoms with Gasteiger partial charge in [0.1, 0.15) is 5.01 Å². The number of hydrogen-bond donors (Lipinski definition) is 1. The van der Waals surface area contributed by atoms with Crippen molar-refractivity contribution < 1.29 is 9.31 Å². The molecule has 0 fully saturated rings. The molecule has 1 N–H and O–H groups in total. The van der Waals surface area contributed by atoms with Crippen LogP contribution >= 0.6 is 11.3 Å². The summed E-state index contributed by atoms with van der Waals surface area (Å²) in [5.74, 6) is -0.813. The predicted octanol–water partition coefficient (Wildman–Crippen LogP) is 3.35. The van der Waals surface area contributed by atoms with Crippen LogP contribution in [0, 0.1) is 22.9 Å². The third kappa shape index (κ3) is 3.37. The van der Waals surface area contributed by atoms with Crippen LogP contribution in [0.15, 0.2) is 24.4 Å². The van der Waals surface area contributed by atoms with Gasteiger partial charge in [0.05, 0.1) is 11.0 Å². The summed E-state index contributed by atoms with van der Waals surface area (Å²) in [4.78, 5) is 15.2. The lowest BCUT2D eigenvalue weighted by atomic mass is 10.2. The van der Waals surface area contributed by atoms with Gasteiger partial charge in [-0.05, 0) is 25.5 Å². The fraction of sp³-hybridized carbons (Fsp3) is 0.308. The highest BCUT2D eigenvalue weighted by molar-refractivity contribution is 7.11. The maximum absolute atomic E-state index is 13.5. The molecule has 0 bridgehead atoms. The van der Waals surface area contributed by atoms with E-state index in [2.05, 4.69) is 10.3 Å². The zero-order valence-corrected chi connectivity index (χ0v) is 11.9. The molecular weight excluding hydrogens is 281 g/mol. The second-order valence-corrected chi connectivity index (χ2v) is 5.72. The molecule has 20 heavy (non-hydrogen) atoms. The van der Waals surface area contributed by atoms with E-state index in [1.807, 2.05) is 20.0 Å². The molecule has 1 heterocycles. The first-order chi connectivity index (χ1) is 9.47. The molecule has 1 aromatic heterocycles. The van der Waals surface area contributed by atoms with Crippen LogP contribution in [-0.2, 0) is 6.54 Å². The van der Waals surface area contributed by atoms with Crippen molar-refractivity contribution in [1.82, 2.24) is 10.3 Å². The zero-order valence-electron chi connectivity index (χ0n) is 11.1. The summed E-state index contributed by atoms with van der Waals surface area (Å²) in [5, 5.41) is 14.7. The first-order valence-electron chi connectivity index (χ1n) is 6.06. The summed E-state index contributed by atoms with van der Waals surface area (Å²) in [6.07, 6.45) is 1.81. The van der Waals surface area contributed by atoms with E-state index in [9.17, 15) is 14.5 Å². The number of nitro benzene ring substituents is 1. The van der Waals surface area contributed by atoms with Crippen LogP contribution in [-0.4, -0.2) is 9.91 Å². The van der Waals surface area contributed by atoms with Crippen molar-refractivity contribution in [3.8, 4) is 0 Å². The number of rotatable bonds is 5. The average molecular weight is 295 g/mol. The quantitative estimate of drug-likeness (QED) is 0.678. The molecule has 0 aliphatic rings. The Morgan fingerprint density at radius 1 is 1.55 bits per heavy atom. The van der Waals surface area contributed by atoms with Crippen LogP contribution in [0.1, 0.15) is 28.4 Å². The van der Waals surface area contributed by atoms with E-state index < -0.39 is 16.4 Å². The van der Waals surface area contributed by atoms with Gasteiger partial charge in [0.15, 0.2) is 0 Å². The number of thiazole rings is 1. The fourth-order valence-electron chi connectivity index (χ4n) is 1.74. The van der Waals surface area contributed by atoms with Gasteiger partial charge in [0, 0.05) is 23.7 Å². The number of benzene rings is 1. The normalized spacial score (nSPS) is 12.3. The van der Waals surface area contributed by atoms with Gasteiger partial charge in [-0.2, -0.15) is 4.39 Å². The molecule has 1 atom stereocenters. The van der Waals surface area contributed by atoms with Crippen LogP contribution in [0.3, 0.4) is 0 Å². The van der Waals surface area contributed by atoms with Crippen molar-refractivity contribution >= 4 is 17.0 Å². The Balaban J connectivity index is 2.00. The highest BCUT2D eigenvalue weighted by Gasteiger charge is 2.14. The Hall–Kier alpha value is -1.86. The van der Waals surface area contributed by atoms with Gasteiger partial charge < -0.3 is 5.32 Å². The highest BCUT2D eigenvalue weighted by atomic mass is 32.1. The van der Waals surface area contributed by atoms with Gasteiger partial charge in [-0.15, -0.1) is 11.3 Å². The number of nitro groups is 1. The lowest BCUT2D eigenvalue weighted by molar-refractivity contribution is -0.387. The van der Waals surface area contributed by atoms with E-state index in [4.69, 9.17) is 0 Å². The third-order valence-corrected chi connectivity index (χ3v) is 3.93. The van der Waals surface area contributed by atoms with Crippen molar-refractivity contribution in [3.63, 3.8) is 0 Å². The van der Waals surface area contributed by atoms with E-state index in [0.717, 1.165) is 9.88 Å². The Labute approximate surface area is 119 Å². The molecule has 1 unspecified atom stereocenters. The van der Waals surface area contributed by atoms with Crippen molar-refractivity contribution in [3.05, 3.63) is 55.8 Å². The van der Waals surface area contributed by atoms with Gasteiger partial charge in [0.25, 0.3) is 0 Å². The van der Waals surface area contributed by atoms with Crippen molar-refractivity contribution in [1.29, 1.82) is 0 Å². The maximum atomic E-state index is 13.5. The molecule has 0 aliphatic carbocycles. The van der Waals surface area contributed by atoms with Crippen LogP contribution in [0.5, 0.6) is 0 Å². The summed E-state index contributed by atoms with van der Waals surface area (Å²) in [6.45, 7) is 4.38. The topological polar surface area (TPSA) is 68.1 Å². The standard InChI is InChI=1S/C13H14FN3O2S/c1-8-6-16-13(20-8)9(2)15-7-10-3-4-12(17(18)19)11(14)5-10/h3-6,9,15H,7H2,1-2H3. The van der Waals surface area contributed by atoms with E-state index in [1.54, 1.807) is 17.4 Å². The number of nitrogens with one attached hydrogen (secondary N) is 1. The summed E-state index contributed by atoms with van der Waals surface area (Å²) in [5.41, 5.74) is 0.158. The van der Waals surface area contributed by atoms with Crippen molar-refractivity contribution in [2.75, 3.05) is 0 Å². The van der Waals surface area contributed by atoms with E-state index >= 15 is 0 Å². The van der Waals surface area contributed by atoms with Gasteiger partial charge in [-0.1, -0.05) is 6.07 Å². The van der Waals surface area contributed by atoms with Gasteiger partial charge in [-0.25, -0.2) is 4.98 Å². The Morgan fingerprint density at radius 3 is 2.85 bits per heavy atom. The Kier molecular flexibility index (Phi) is 4.41. The first kappa shape index (κ1) is 14.5. The smallest absolute Gasteiger partial charge is 0.304 e. The minimum absolute atomic E-state index is 0.0481. The molecule has 7 heteroatoms. The van der Waals surface area contributed by atoms with Crippen LogP contribution < -0.4 is 5.32 Å². The highest BCUT2D eigenvalue weighted by Crippen LogP contribution is 2.21. The molecule has 106 valence electrons. The zero-order chi connectivity index (χ0) is 14.7. The first-order valence-corrected chi connectivity index (χ1v) is 6.87. The van der Waals surface area contributed by atoms with Gasteiger partial charge in [-0.3, -0.25) is 10.1 Å². The van der Waals surface area contributed by atoms with Crippen LogP contribution in [0.2, 0.25) is 0 Å². The minimum atomic E-state index is -0.813. The molecule has 0 saturated carbocycles. The molecule has 1 aromatic carbocycles. The molecule has 0 radical (unpaired) electrons. The fourth-order valence-corrected chi connectivity index (χ4v) is 2.54. The second kappa shape index (κ2) is 6.06. The van der Waals surface area contributed by atoms with Crippen molar-refractivity contribution in [2.45, 2.75) is 26.4 Å². The molecule has 2 rings (SSSR count). The Morgan fingerprint density at radius 2 is 2.30 bits per heavy atom.